The van der Waals surface area contributed by atoms with Crippen molar-refractivity contribution in [3.05, 3.63) is 59.7 Å². The Labute approximate surface area is 154 Å². The van der Waals surface area contributed by atoms with E-state index in [9.17, 15) is 9.59 Å². The number of hydrogen-bond acceptors (Lipinski definition) is 4. The van der Waals surface area contributed by atoms with Crippen molar-refractivity contribution in [1.82, 2.24) is 0 Å². The maximum Gasteiger partial charge on any atom is 0.309 e. The molecule has 2 aromatic carbocycles. The SMILES string of the molecule is Cc1ccc(OCCC(=O)OCC(=O)Nc2ccc(C(C)C)cc2)cc1. The van der Waals surface area contributed by atoms with Crippen LogP contribution < -0.4 is 10.1 Å². The minimum atomic E-state index is -0.470. The van der Waals surface area contributed by atoms with E-state index in [1.807, 2.05) is 55.5 Å². The molecule has 0 aromatic heterocycles. The summed E-state index contributed by atoms with van der Waals surface area (Å²) in [5.41, 5.74) is 3.02. The molecule has 0 aliphatic heterocycles. The van der Waals surface area contributed by atoms with Crippen LogP contribution in [0.25, 0.3) is 0 Å². The Hall–Kier alpha value is -2.82. The van der Waals surface area contributed by atoms with Crippen molar-refractivity contribution < 1.29 is 19.1 Å². The van der Waals surface area contributed by atoms with Crippen LogP contribution in [-0.4, -0.2) is 25.1 Å². The van der Waals surface area contributed by atoms with Gasteiger partial charge in [0.05, 0.1) is 13.0 Å². The predicted octanol–water partition coefficient (Wildman–Crippen LogP) is 4.07. The summed E-state index contributed by atoms with van der Waals surface area (Å²) in [6, 6.07) is 15.2. The summed E-state index contributed by atoms with van der Waals surface area (Å²) in [5, 5.41) is 2.70. The number of benzene rings is 2. The number of anilines is 1. The van der Waals surface area contributed by atoms with Crippen molar-refractivity contribution in [2.24, 2.45) is 0 Å². The van der Waals surface area contributed by atoms with Gasteiger partial charge in [-0.15, -0.1) is 0 Å². The highest BCUT2D eigenvalue weighted by molar-refractivity contribution is 5.92. The molecule has 2 aromatic rings. The van der Waals surface area contributed by atoms with Gasteiger partial charge in [0, 0.05) is 5.69 Å². The van der Waals surface area contributed by atoms with Gasteiger partial charge in [-0.1, -0.05) is 43.7 Å². The maximum atomic E-state index is 11.8. The quantitative estimate of drug-likeness (QED) is 0.725. The lowest BCUT2D eigenvalue weighted by Crippen LogP contribution is -2.21. The molecule has 0 bridgehead atoms. The first-order valence-corrected chi connectivity index (χ1v) is 8.69. The van der Waals surface area contributed by atoms with Crippen LogP contribution in [0.4, 0.5) is 5.69 Å². The van der Waals surface area contributed by atoms with Crippen molar-refractivity contribution in [2.75, 3.05) is 18.5 Å². The van der Waals surface area contributed by atoms with E-state index in [-0.39, 0.29) is 25.5 Å². The van der Waals surface area contributed by atoms with Gasteiger partial charge in [0.15, 0.2) is 6.61 Å². The molecule has 1 N–H and O–H groups in total. The Morgan fingerprint density at radius 2 is 1.65 bits per heavy atom. The molecule has 0 spiro atoms. The molecule has 0 aliphatic rings. The van der Waals surface area contributed by atoms with E-state index in [1.54, 1.807) is 0 Å². The van der Waals surface area contributed by atoms with E-state index in [1.165, 1.54) is 5.56 Å². The second-order valence-electron chi connectivity index (χ2n) is 6.40. The van der Waals surface area contributed by atoms with Crippen LogP contribution in [0.3, 0.4) is 0 Å². The number of amides is 1. The van der Waals surface area contributed by atoms with E-state index >= 15 is 0 Å². The van der Waals surface area contributed by atoms with Crippen LogP contribution in [0.2, 0.25) is 0 Å². The molecule has 5 heteroatoms. The van der Waals surface area contributed by atoms with Crippen molar-refractivity contribution in [2.45, 2.75) is 33.1 Å². The van der Waals surface area contributed by atoms with E-state index < -0.39 is 5.97 Å². The fourth-order valence-corrected chi connectivity index (χ4v) is 2.25. The normalized spacial score (nSPS) is 10.5. The van der Waals surface area contributed by atoms with Gasteiger partial charge in [0.2, 0.25) is 0 Å². The standard InChI is InChI=1S/C21H25NO4/c1-15(2)17-6-8-18(9-7-17)22-20(23)14-26-21(24)12-13-25-19-10-4-16(3)5-11-19/h4-11,15H,12-14H2,1-3H3,(H,22,23). The molecule has 0 aliphatic carbocycles. The number of hydrogen-bond donors (Lipinski definition) is 1. The van der Waals surface area contributed by atoms with Crippen molar-refractivity contribution in [1.29, 1.82) is 0 Å². The first-order valence-electron chi connectivity index (χ1n) is 8.69. The molecule has 0 saturated carbocycles. The summed E-state index contributed by atoms with van der Waals surface area (Å²) in [4.78, 5) is 23.5. The minimum absolute atomic E-state index is 0.0875. The van der Waals surface area contributed by atoms with Crippen LogP contribution in [0, 0.1) is 6.92 Å². The van der Waals surface area contributed by atoms with Gasteiger partial charge < -0.3 is 14.8 Å². The van der Waals surface area contributed by atoms with Crippen molar-refractivity contribution in [3.8, 4) is 5.75 Å². The van der Waals surface area contributed by atoms with Crippen LogP contribution in [0.1, 0.15) is 37.3 Å². The second-order valence-corrected chi connectivity index (χ2v) is 6.40. The van der Waals surface area contributed by atoms with Crippen molar-refractivity contribution in [3.63, 3.8) is 0 Å². The number of esters is 1. The van der Waals surface area contributed by atoms with Gasteiger partial charge in [-0.3, -0.25) is 9.59 Å². The van der Waals surface area contributed by atoms with Gasteiger partial charge in [0.25, 0.3) is 5.91 Å². The zero-order chi connectivity index (χ0) is 18.9. The van der Waals surface area contributed by atoms with Gasteiger partial charge >= 0.3 is 5.97 Å². The molecule has 0 radical (unpaired) electrons. The molecule has 0 saturated heterocycles. The largest absolute Gasteiger partial charge is 0.493 e. The minimum Gasteiger partial charge on any atom is -0.493 e. The number of ether oxygens (including phenoxy) is 2. The third kappa shape index (κ3) is 6.59. The number of aryl methyl sites for hydroxylation is 1. The molecule has 0 heterocycles. The van der Waals surface area contributed by atoms with Crippen molar-refractivity contribution >= 4 is 17.6 Å². The lowest BCUT2D eigenvalue weighted by atomic mass is 10.0. The van der Waals surface area contributed by atoms with Crippen LogP contribution in [-0.2, 0) is 14.3 Å². The van der Waals surface area contributed by atoms with Gasteiger partial charge in [-0.05, 0) is 42.7 Å². The van der Waals surface area contributed by atoms with Crippen LogP contribution in [0.5, 0.6) is 5.75 Å². The summed E-state index contributed by atoms with van der Waals surface area (Å²) in [7, 11) is 0. The zero-order valence-electron chi connectivity index (χ0n) is 15.5. The number of nitrogens with one attached hydrogen (secondary N) is 1. The average Bonchev–Trinajstić information content (AvgIpc) is 2.62. The smallest absolute Gasteiger partial charge is 0.309 e. The number of rotatable bonds is 8. The molecule has 0 fully saturated rings. The lowest BCUT2D eigenvalue weighted by molar-refractivity contribution is -0.147. The van der Waals surface area contributed by atoms with E-state index in [0.29, 0.717) is 17.4 Å². The average molecular weight is 355 g/mol. The van der Waals surface area contributed by atoms with Gasteiger partial charge in [0.1, 0.15) is 5.75 Å². The third-order valence-corrected chi connectivity index (χ3v) is 3.82. The van der Waals surface area contributed by atoms with Gasteiger partial charge in [-0.2, -0.15) is 0 Å². The molecule has 138 valence electrons. The molecule has 5 nitrogen and oxygen atoms in total. The summed E-state index contributed by atoms with van der Waals surface area (Å²) in [6.45, 7) is 6.10. The molecule has 26 heavy (non-hydrogen) atoms. The summed E-state index contributed by atoms with van der Waals surface area (Å²) < 4.78 is 10.4. The molecule has 2 rings (SSSR count). The number of carbonyl (C=O) groups is 2. The Kier molecular flexibility index (Phi) is 7.21. The molecular weight excluding hydrogens is 330 g/mol. The van der Waals surface area contributed by atoms with Crippen LogP contribution in [0.15, 0.2) is 48.5 Å². The predicted molar refractivity (Wildman–Crippen MR) is 101 cm³/mol. The Bertz CT molecular complexity index is 721. The topological polar surface area (TPSA) is 64.6 Å². The maximum absolute atomic E-state index is 11.8. The Morgan fingerprint density at radius 1 is 1.00 bits per heavy atom. The Morgan fingerprint density at radius 3 is 2.27 bits per heavy atom. The third-order valence-electron chi connectivity index (χ3n) is 3.82. The fraction of sp³-hybridized carbons (Fsp3) is 0.333. The molecule has 0 atom stereocenters. The fourth-order valence-electron chi connectivity index (χ4n) is 2.25. The zero-order valence-corrected chi connectivity index (χ0v) is 15.5. The van der Waals surface area contributed by atoms with E-state index in [4.69, 9.17) is 9.47 Å². The molecule has 1 amide bonds. The first-order chi connectivity index (χ1) is 12.4. The molecule has 0 unspecified atom stereocenters. The highest BCUT2D eigenvalue weighted by atomic mass is 16.5. The second kappa shape index (κ2) is 9.61. The van der Waals surface area contributed by atoms with Gasteiger partial charge in [-0.25, -0.2) is 0 Å². The van der Waals surface area contributed by atoms with E-state index in [2.05, 4.69) is 19.2 Å². The summed E-state index contributed by atoms with van der Waals surface area (Å²) in [6.07, 6.45) is 0.0875. The monoisotopic (exact) mass is 355 g/mol. The summed E-state index contributed by atoms with van der Waals surface area (Å²) in [5.74, 6) is 0.298. The first kappa shape index (κ1) is 19.5. The van der Waals surface area contributed by atoms with E-state index in [0.717, 1.165) is 5.56 Å². The highest BCUT2D eigenvalue weighted by Crippen LogP contribution is 2.17. The Balaban J connectivity index is 1.66. The lowest BCUT2D eigenvalue weighted by Gasteiger charge is -2.09. The molecular formula is C21H25NO4. The van der Waals surface area contributed by atoms with Crippen LogP contribution >= 0.6 is 0 Å². The number of carbonyl (C=O) groups excluding carboxylic acids is 2. The highest BCUT2D eigenvalue weighted by Gasteiger charge is 2.09. The summed E-state index contributed by atoms with van der Waals surface area (Å²) >= 11 is 0.